The Morgan fingerprint density at radius 2 is 1.73 bits per heavy atom. The Hall–Kier alpha value is -0.980. The van der Waals surface area contributed by atoms with Crippen LogP contribution >= 0.6 is 11.5 Å². The number of hydrogen-bond acceptors (Lipinski definition) is 7. The zero-order valence-corrected chi connectivity index (χ0v) is 10.2. The normalized spacial score (nSPS) is 12.3. The van der Waals surface area contributed by atoms with Crippen LogP contribution in [0.4, 0.5) is 0 Å². The monoisotopic (exact) mass is 266 g/mol. The van der Waals surface area contributed by atoms with Gasteiger partial charge in [0.15, 0.2) is 28.9 Å². The predicted molar refractivity (Wildman–Crippen MR) is 53.0 cm³/mol. The van der Waals surface area contributed by atoms with Crippen LogP contribution in [0.3, 0.4) is 0 Å². The predicted octanol–water partition coefficient (Wildman–Crippen LogP) is -0.178. The van der Waals surface area contributed by atoms with Crippen LogP contribution in [-0.4, -0.2) is 33.7 Å². The lowest BCUT2D eigenvalue weighted by molar-refractivity contribution is 0.599. The summed E-state index contributed by atoms with van der Waals surface area (Å²) in [6.45, 7) is 0. The molecule has 0 bridgehead atoms. The van der Waals surface area contributed by atoms with E-state index in [1.165, 1.54) is 0 Å². The molecule has 1 rings (SSSR count). The summed E-state index contributed by atoms with van der Waals surface area (Å²) in [4.78, 5) is 0. The van der Waals surface area contributed by atoms with Crippen LogP contribution in [0.25, 0.3) is 0 Å². The van der Waals surface area contributed by atoms with Crippen molar-refractivity contribution >= 4 is 31.2 Å². The van der Waals surface area contributed by atoms with Gasteiger partial charge in [0, 0.05) is 12.5 Å². The number of rotatable bonds is 2. The lowest BCUT2D eigenvalue weighted by atomic mass is 10.4. The topological polar surface area (TPSA) is 105 Å². The van der Waals surface area contributed by atoms with E-state index in [1.807, 2.05) is 0 Å². The summed E-state index contributed by atoms with van der Waals surface area (Å²) in [5, 5.41) is 8.23. The molecule has 0 saturated heterocycles. The van der Waals surface area contributed by atoms with E-state index in [0.29, 0.717) is 11.5 Å². The van der Waals surface area contributed by atoms with Crippen molar-refractivity contribution in [3.8, 4) is 6.07 Å². The van der Waals surface area contributed by atoms with Gasteiger partial charge in [-0.1, -0.05) is 0 Å². The summed E-state index contributed by atoms with van der Waals surface area (Å²) in [7, 11) is -7.29. The first-order valence-electron chi connectivity index (χ1n) is 3.48. The first kappa shape index (κ1) is 12.1. The molecule has 0 aliphatic carbocycles. The Kier molecular flexibility index (Phi) is 2.86. The summed E-state index contributed by atoms with van der Waals surface area (Å²) in [6.07, 6.45) is 1.77. The molecule has 82 valence electrons. The lowest BCUT2D eigenvalue weighted by Gasteiger charge is -1.93. The molecule has 0 unspecified atom stereocenters. The number of hydrogen-bond donors (Lipinski definition) is 0. The van der Waals surface area contributed by atoms with Crippen molar-refractivity contribution in [1.82, 2.24) is 4.37 Å². The van der Waals surface area contributed by atoms with E-state index in [1.54, 1.807) is 6.07 Å². The largest absolute Gasteiger partial charge is 0.223 e. The summed E-state index contributed by atoms with van der Waals surface area (Å²) >= 11 is 0.495. The fourth-order valence-corrected chi connectivity index (χ4v) is 3.82. The lowest BCUT2D eigenvalue weighted by Crippen LogP contribution is -2.02. The second-order valence-electron chi connectivity index (χ2n) is 2.81. The molecule has 6 nitrogen and oxygen atoms in total. The van der Waals surface area contributed by atoms with E-state index >= 15 is 0 Å². The minimum atomic E-state index is -3.67. The second-order valence-corrected chi connectivity index (χ2v) is 7.72. The van der Waals surface area contributed by atoms with Crippen LogP contribution in [-0.2, 0) is 19.7 Å². The molecule has 0 fully saturated rings. The van der Waals surface area contributed by atoms with Crippen molar-refractivity contribution in [2.45, 2.75) is 9.24 Å². The molecule has 0 amide bonds. The van der Waals surface area contributed by atoms with Crippen LogP contribution in [0, 0.1) is 11.3 Å². The van der Waals surface area contributed by atoms with Crippen LogP contribution in [0.15, 0.2) is 9.24 Å². The highest BCUT2D eigenvalue weighted by atomic mass is 32.2. The maximum absolute atomic E-state index is 11.2. The molecule has 1 aromatic rings. The van der Waals surface area contributed by atoms with Gasteiger partial charge in [-0.2, -0.15) is 9.64 Å². The van der Waals surface area contributed by atoms with Gasteiger partial charge >= 0.3 is 0 Å². The standard InChI is InChI=1S/C6H6N2O4S3/c1-14(9,10)5-4(3-7)6(13-8-5)15(2,11)12/h1-2H3. The molecule has 1 heterocycles. The molecule has 15 heavy (non-hydrogen) atoms. The van der Waals surface area contributed by atoms with E-state index < -0.39 is 30.3 Å². The van der Waals surface area contributed by atoms with Gasteiger partial charge in [0.1, 0.15) is 11.6 Å². The molecular formula is C6H6N2O4S3. The molecule has 0 aliphatic heterocycles. The first-order chi connectivity index (χ1) is 6.68. The molecule has 1 aromatic heterocycles. The molecular weight excluding hydrogens is 260 g/mol. The summed E-state index contributed by atoms with van der Waals surface area (Å²) in [5.74, 6) is 0. The van der Waals surface area contributed by atoms with Gasteiger partial charge in [0.2, 0.25) is 0 Å². The van der Waals surface area contributed by atoms with Crippen molar-refractivity contribution in [1.29, 1.82) is 5.26 Å². The van der Waals surface area contributed by atoms with Gasteiger partial charge in [-0.05, 0) is 11.5 Å². The van der Waals surface area contributed by atoms with Gasteiger partial charge in [-0.3, -0.25) is 0 Å². The van der Waals surface area contributed by atoms with Gasteiger partial charge in [0.05, 0.1) is 0 Å². The van der Waals surface area contributed by atoms with Gasteiger partial charge in [-0.15, -0.1) is 0 Å². The van der Waals surface area contributed by atoms with Crippen molar-refractivity contribution in [2.75, 3.05) is 12.5 Å². The number of aromatic nitrogens is 1. The molecule has 0 atom stereocenters. The Labute approximate surface area is 91.2 Å². The minimum Gasteiger partial charge on any atom is -0.223 e. The molecule has 0 aliphatic rings. The molecule has 0 saturated carbocycles. The van der Waals surface area contributed by atoms with Gasteiger partial charge < -0.3 is 0 Å². The highest BCUT2D eigenvalue weighted by Gasteiger charge is 2.26. The van der Waals surface area contributed by atoms with Crippen LogP contribution < -0.4 is 0 Å². The average molecular weight is 266 g/mol. The van der Waals surface area contributed by atoms with Gasteiger partial charge in [-0.25, -0.2) is 16.8 Å². The average Bonchev–Trinajstić information content (AvgIpc) is 2.43. The third-order valence-electron chi connectivity index (χ3n) is 1.43. The maximum Gasteiger partial charge on any atom is 0.195 e. The number of nitriles is 1. The maximum atomic E-state index is 11.2. The Bertz CT molecular complexity index is 583. The fourth-order valence-electron chi connectivity index (χ4n) is 0.861. The molecule has 9 heteroatoms. The van der Waals surface area contributed by atoms with Crippen LogP contribution in [0.5, 0.6) is 0 Å². The van der Waals surface area contributed by atoms with Crippen LogP contribution in [0.1, 0.15) is 5.56 Å². The zero-order valence-electron chi connectivity index (χ0n) is 7.75. The van der Waals surface area contributed by atoms with E-state index in [4.69, 9.17) is 5.26 Å². The van der Waals surface area contributed by atoms with E-state index in [2.05, 4.69) is 4.37 Å². The smallest absolute Gasteiger partial charge is 0.195 e. The Morgan fingerprint density at radius 1 is 1.20 bits per heavy atom. The van der Waals surface area contributed by atoms with E-state index in [-0.39, 0.29) is 4.21 Å². The quantitative estimate of drug-likeness (QED) is 0.735. The molecule has 0 N–H and O–H groups in total. The van der Waals surface area contributed by atoms with Crippen LogP contribution in [0.2, 0.25) is 0 Å². The summed E-state index contributed by atoms with van der Waals surface area (Å²) in [5.41, 5.74) is -0.398. The van der Waals surface area contributed by atoms with Crippen molar-refractivity contribution in [3.63, 3.8) is 0 Å². The highest BCUT2D eigenvalue weighted by molar-refractivity contribution is 7.93. The first-order valence-corrected chi connectivity index (χ1v) is 8.03. The fraction of sp³-hybridized carbons (Fsp3) is 0.333. The third-order valence-corrected chi connectivity index (χ3v) is 5.20. The highest BCUT2D eigenvalue weighted by Crippen LogP contribution is 2.26. The van der Waals surface area contributed by atoms with Crippen molar-refractivity contribution < 1.29 is 16.8 Å². The van der Waals surface area contributed by atoms with Crippen molar-refractivity contribution in [2.24, 2.45) is 0 Å². The number of nitrogens with zero attached hydrogens (tertiary/aromatic N) is 2. The van der Waals surface area contributed by atoms with Crippen molar-refractivity contribution in [3.05, 3.63) is 5.56 Å². The Balaban J connectivity index is 3.68. The van der Waals surface area contributed by atoms with Gasteiger partial charge in [0.25, 0.3) is 0 Å². The summed E-state index contributed by atoms with van der Waals surface area (Å²) < 4.78 is 47.8. The molecule has 0 spiro atoms. The minimum absolute atomic E-state index is 0.314. The van der Waals surface area contributed by atoms with E-state index in [0.717, 1.165) is 12.5 Å². The number of sulfone groups is 2. The SMILES string of the molecule is CS(=O)(=O)c1nsc(S(C)(=O)=O)c1C#N. The Morgan fingerprint density at radius 3 is 2.07 bits per heavy atom. The zero-order chi connectivity index (χ0) is 11.9. The molecule has 0 aromatic carbocycles. The van der Waals surface area contributed by atoms with E-state index in [9.17, 15) is 16.8 Å². The molecule has 0 radical (unpaired) electrons. The second kappa shape index (κ2) is 3.55. The third kappa shape index (κ3) is 2.34. The summed E-state index contributed by atoms with van der Waals surface area (Å²) in [6, 6.07) is 1.55.